The quantitative estimate of drug-likeness (QED) is 0.621. The number of likely N-dealkylation sites (tertiary alicyclic amines) is 1. The number of nitrogen functional groups attached to an aromatic ring is 1. The van der Waals surface area contributed by atoms with Crippen molar-refractivity contribution in [3.05, 3.63) is 24.3 Å². The van der Waals surface area contributed by atoms with E-state index in [9.17, 15) is 0 Å². The molecule has 1 saturated heterocycles. The number of anilines is 2. The molecule has 0 radical (unpaired) electrons. The summed E-state index contributed by atoms with van der Waals surface area (Å²) < 4.78 is 0. The van der Waals surface area contributed by atoms with Crippen molar-refractivity contribution in [2.45, 2.75) is 38.6 Å². The summed E-state index contributed by atoms with van der Waals surface area (Å²) in [6, 6.07) is 8.74. The predicted octanol–water partition coefficient (Wildman–Crippen LogP) is 2.95. The summed E-state index contributed by atoms with van der Waals surface area (Å²) in [7, 11) is 0. The highest BCUT2D eigenvalue weighted by Gasteiger charge is 2.16. The number of hydrogen-bond acceptors (Lipinski definition) is 3. The fourth-order valence-electron chi connectivity index (χ4n) is 2.65. The van der Waals surface area contributed by atoms with Crippen molar-refractivity contribution < 1.29 is 0 Å². The Morgan fingerprint density at radius 2 is 2.28 bits per heavy atom. The third kappa shape index (κ3) is 3.91. The van der Waals surface area contributed by atoms with Gasteiger partial charge in [0.1, 0.15) is 0 Å². The first-order chi connectivity index (χ1) is 8.75. The fourth-order valence-corrected chi connectivity index (χ4v) is 2.65. The Morgan fingerprint density at radius 1 is 1.39 bits per heavy atom. The molecule has 3 nitrogen and oxygen atoms in total. The molecule has 1 fully saturated rings. The Bertz CT molecular complexity index is 365. The van der Waals surface area contributed by atoms with Crippen molar-refractivity contribution in [2.24, 2.45) is 0 Å². The number of nitrogens with one attached hydrogen (secondary N) is 1. The minimum Gasteiger partial charge on any atom is -0.399 e. The maximum absolute atomic E-state index is 5.75. The molecule has 0 saturated carbocycles. The summed E-state index contributed by atoms with van der Waals surface area (Å²) in [5.74, 6) is 0. The number of rotatable bonds is 5. The first kappa shape index (κ1) is 13.2. The van der Waals surface area contributed by atoms with Crippen molar-refractivity contribution in [2.75, 3.05) is 30.7 Å². The zero-order valence-corrected chi connectivity index (χ0v) is 11.4. The number of nitrogens with two attached hydrogens (primary N) is 1. The molecule has 2 rings (SSSR count). The van der Waals surface area contributed by atoms with Crippen LogP contribution in [0.2, 0.25) is 0 Å². The van der Waals surface area contributed by atoms with Crippen LogP contribution in [-0.4, -0.2) is 30.6 Å². The highest BCUT2D eigenvalue weighted by Crippen LogP contribution is 2.16. The number of piperidine rings is 1. The lowest BCUT2D eigenvalue weighted by molar-refractivity contribution is 0.160. The Labute approximate surface area is 110 Å². The zero-order valence-electron chi connectivity index (χ0n) is 11.4. The second-order valence-corrected chi connectivity index (χ2v) is 5.29. The molecule has 18 heavy (non-hydrogen) atoms. The number of benzene rings is 1. The van der Waals surface area contributed by atoms with E-state index in [-0.39, 0.29) is 0 Å². The zero-order chi connectivity index (χ0) is 12.8. The lowest BCUT2D eigenvalue weighted by Crippen LogP contribution is -2.38. The fraction of sp³-hybridized carbons (Fsp3) is 0.600. The van der Waals surface area contributed by atoms with Gasteiger partial charge in [-0.05, 0) is 50.9 Å². The molecule has 0 spiro atoms. The summed E-state index contributed by atoms with van der Waals surface area (Å²) >= 11 is 0. The van der Waals surface area contributed by atoms with E-state index < -0.39 is 0 Å². The van der Waals surface area contributed by atoms with Crippen molar-refractivity contribution >= 4 is 11.4 Å². The van der Waals surface area contributed by atoms with Gasteiger partial charge < -0.3 is 16.0 Å². The van der Waals surface area contributed by atoms with E-state index >= 15 is 0 Å². The van der Waals surface area contributed by atoms with Crippen LogP contribution in [0, 0.1) is 0 Å². The SMILES string of the molecule is CC1CCCCN1CCCNc1cccc(N)c1. The van der Waals surface area contributed by atoms with Gasteiger partial charge in [0.05, 0.1) is 0 Å². The second kappa shape index (κ2) is 6.64. The smallest absolute Gasteiger partial charge is 0.0360 e. The Morgan fingerprint density at radius 3 is 3.06 bits per heavy atom. The molecule has 1 unspecified atom stereocenters. The van der Waals surface area contributed by atoms with Crippen LogP contribution in [-0.2, 0) is 0 Å². The van der Waals surface area contributed by atoms with Gasteiger partial charge in [-0.2, -0.15) is 0 Å². The van der Waals surface area contributed by atoms with Gasteiger partial charge in [0, 0.05) is 30.5 Å². The van der Waals surface area contributed by atoms with Gasteiger partial charge in [0.15, 0.2) is 0 Å². The molecule has 1 aromatic rings. The third-order valence-corrected chi connectivity index (χ3v) is 3.78. The Hall–Kier alpha value is -1.22. The minimum absolute atomic E-state index is 0.770. The molecule has 0 aromatic heterocycles. The highest BCUT2D eigenvalue weighted by molar-refractivity contribution is 5.53. The average Bonchev–Trinajstić information content (AvgIpc) is 2.37. The van der Waals surface area contributed by atoms with Crippen molar-refractivity contribution in [3.8, 4) is 0 Å². The van der Waals surface area contributed by atoms with E-state index in [2.05, 4.69) is 23.2 Å². The normalized spacial score (nSPS) is 20.8. The maximum Gasteiger partial charge on any atom is 0.0360 e. The summed E-state index contributed by atoms with van der Waals surface area (Å²) in [5, 5.41) is 3.43. The molecule has 100 valence electrons. The second-order valence-electron chi connectivity index (χ2n) is 5.29. The van der Waals surface area contributed by atoms with Gasteiger partial charge in [0.2, 0.25) is 0 Å². The molecule has 1 aliphatic rings. The molecular weight excluding hydrogens is 222 g/mol. The van der Waals surface area contributed by atoms with Gasteiger partial charge in [-0.3, -0.25) is 0 Å². The summed E-state index contributed by atoms with van der Waals surface area (Å²) in [6.07, 6.45) is 5.33. The van der Waals surface area contributed by atoms with Gasteiger partial charge in [-0.1, -0.05) is 12.5 Å². The van der Waals surface area contributed by atoms with Crippen LogP contribution in [0.3, 0.4) is 0 Å². The van der Waals surface area contributed by atoms with E-state index in [4.69, 9.17) is 5.73 Å². The van der Waals surface area contributed by atoms with E-state index in [0.29, 0.717) is 0 Å². The van der Waals surface area contributed by atoms with E-state index in [1.54, 1.807) is 0 Å². The van der Waals surface area contributed by atoms with E-state index in [1.807, 2.05) is 18.2 Å². The van der Waals surface area contributed by atoms with Crippen LogP contribution in [0.15, 0.2) is 24.3 Å². The highest BCUT2D eigenvalue weighted by atomic mass is 15.2. The van der Waals surface area contributed by atoms with Crippen LogP contribution in [0.1, 0.15) is 32.6 Å². The van der Waals surface area contributed by atoms with Gasteiger partial charge in [-0.25, -0.2) is 0 Å². The molecule has 0 bridgehead atoms. The Kier molecular flexibility index (Phi) is 4.88. The monoisotopic (exact) mass is 247 g/mol. The molecular formula is C15H25N3. The van der Waals surface area contributed by atoms with Crippen LogP contribution in [0.5, 0.6) is 0 Å². The molecule has 1 atom stereocenters. The average molecular weight is 247 g/mol. The van der Waals surface area contributed by atoms with E-state index in [1.165, 1.54) is 38.8 Å². The van der Waals surface area contributed by atoms with Crippen LogP contribution >= 0.6 is 0 Å². The third-order valence-electron chi connectivity index (χ3n) is 3.78. The molecule has 1 aromatic carbocycles. The topological polar surface area (TPSA) is 41.3 Å². The summed E-state index contributed by atoms with van der Waals surface area (Å²) in [4.78, 5) is 2.62. The summed E-state index contributed by atoms with van der Waals surface area (Å²) in [5.41, 5.74) is 7.70. The lowest BCUT2D eigenvalue weighted by atomic mass is 10.0. The van der Waals surface area contributed by atoms with Crippen molar-refractivity contribution in [3.63, 3.8) is 0 Å². The molecule has 0 aliphatic carbocycles. The van der Waals surface area contributed by atoms with Gasteiger partial charge >= 0.3 is 0 Å². The van der Waals surface area contributed by atoms with Crippen LogP contribution in [0.4, 0.5) is 11.4 Å². The molecule has 1 heterocycles. The minimum atomic E-state index is 0.770. The Balaban J connectivity index is 1.66. The maximum atomic E-state index is 5.75. The first-order valence-electron chi connectivity index (χ1n) is 7.09. The van der Waals surface area contributed by atoms with Crippen LogP contribution in [0.25, 0.3) is 0 Å². The molecule has 3 heteroatoms. The van der Waals surface area contributed by atoms with Crippen molar-refractivity contribution in [1.29, 1.82) is 0 Å². The van der Waals surface area contributed by atoms with Gasteiger partial charge in [-0.15, -0.1) is 0 Å². The number of hydrogen-bond donors (Lipinski definition) is 2. The van der Waals surface area contributed by atoms with Gasteiger partial charge in [0.25, 0.3) is 0 Å². The number of nitrogens with zero attached hydrogens (tertiary/aromatic N) is 1. The molecule has 3 N–H and O–H groups in total. The largest absolute Gasteiger partial charge is 0.399 e. The standard InChI is InChI=1S/C15H25N3/c1-13-6-2-3-10-18(13)11-5-9-17-15-8-4-7-14(16)12-15/h4,7-8,12-13,17H,2-3,5-6,9-11,16H2,1H3. The summed E-state index contributed by atoms with van der Waals surface area (Å²) in [6.45, 7) is 5.85. The lowest BCUT2D eigenvalue weighted by Gasteiger charge is -2.33. The van der Waals surface area contributed by atoms with Crippen molar-refractivity contribution in [1.82, 2.24) is 4.90 Å². The van der Waals surface area contributed by atoms with Crippen LogP contribution < -0.4 is 11.1 Å². The molecule has 0 amide bonds. The van der Waals surface area contributed by atoms with E-state index in [0.717, 1.165) is 24.0 Å². The first-order valence-corrected chi connectivity index (χ1v) is 7.09. The predicted molar refractivity (Wildman–Crippen MR) is 78.8 cm³/mol. The molecule has 1 aliphatic heterocycles.